The maximum Gasteiger partial charge on any atom is 0.136 e. The molecule has 0 N–H and O–H groups in total. The molecule has 10 rings (SSSR count). The molecule has 52 heavy (non-hydrogen) atoms. The third kappa shape index (κ3) is 5.11. The number of fused-ring (bicyclic) bond motifs is 5. The molecular weight excluding hydrogens is 631 g/mol. The van der Waals surface area contributed by atoms with Gasteiger partial charge in [-0.05, 0) is 93.0 Å². The zero-order valence-electron chi connectivity index (χ0n) is 32.4. The molecular formula is C50H35NO. The van der Waals surface area contributed by atoms with Crippen molar-refractivity contribution in [3.8, 4) is 22.3 Å². The lowest BCUT2D eigenvalue weighted by Crippen LogP contribution is -2.20. The lowest BCUT2D eigenvalue weighted by molar-refractivity contribution is 0.669. The van der Waals surface area contributed by atoms with Gasteiger partial charge in [-0.2, -0.15) is 0 Å². The van der Waals surface area contributed by atoms with E-state index in [2.05, 4.69) is 60.7 Å². The number of hydrogen-bond acceptors (Lipinski definition) is 2. The minimum atomic E-state index is -0.100. The molecule has 1 aromatic heterocycles. The third-order valence-electron chi connectivity index (χ3n) is 10.2. The molecule has 0 bridgehead atoms. The zero-order chi connectivity index (χ0) is 37.9. The monoisotopic (exact) mass is 669 g/mol. The van der Waals surface area contributed by atoms with Gasteiger partial charge in [0.2, 0.25) is 0 Å². The van der Waals surface area contributed by atoms with E-state index in [0.717, 1.165) is 83.6 Å². The van der Waals surface area contributed by atoms with Crippen LogP contribution in [0.1, 0.15) is 23.9 Å². The SMILES string of the molecule is [2H]c1c([2H])c(N(C2=C(c3cccc4oc5cc6ccccc6cc5c34)C=CCC2)c2ccccc2-c2ccccc2)c([2H])c([2H])c1-c1cccc2ccccc12. The van der Waals surface area contributed by atoms with Crippen molar-refractivity contribution in [2.45, 2.75) is 12.8 Å². The summed E-state index contributed by atoms with van der Waals surface area (Å²) in [6, 6.07) is 50.3. The van der Waals surface area contributed by atoms with E-state index in [-0.39, 0.29) is 35.4 Å². The summed E-state index contributed by atoms with van der Waals surface area (Å²) >= 11 is 0. The van der Waals surface area contributed by atoms with E-state index in [1.165, 1.54) is 0 Å². The Morgan fingerprint density at radius 2 is 1.19 bits per heavy atom. The van der Waals surface area contributed by atoms with Crippen molar-refractivity contribution >= 4 is 60.4 Å². The fourth-order valence-electron chi connectivity index (χ4n) is 7.79. The maximum absolute atomic E-state index is 9.78. The van der Waals surface area contributed by atoms with Crippen LogP contribution in [0.3, 0.4) is 0 Å². The second-order valence-electron chi connectivity index (χ2n) is 13.2. The predicted octanol–water partition coefficient (Wildman–Crippen LogP) is 14.1. The average molecular weight is 670 g/mol. The molecule has 0 saturated heterocycles. The fourth-order valence-corrected chi connectivity index (χ4v) is 7.79. The van der Waals surface area contributed by atoms with Crippen LogP contribution in [0, 0.1) is 0 Å². The van der Waals surface area contributed by atoms with Gasteiger partial charge in [0.1, 0.15) is 11.2 Å². The summed E-state index contributed by atoms with van der Waals surface area (Å²) in [5.41, 5.74) is 8.25. The Bertz CT molecular complexity index is 3050. The highest BCUT2D eigenvalue weighted by Gasteiger charge is 2.25. The van der Waals surface area contributed by atoms with Gasteiger partial charge in [-0.1, -0.05) is 152 Å². The van der Waals surface area contributed by atoms with Crippen LogP contribution in [0.5, 0.6) is 0 Å². The van der Waals surface area contributed by atoms with Crippen LogP contribution in [-0.4, -0.2) is 0 Å². The number of anilines is 2. The number of benzene rings is 8. The van der Waals surface area contributed by atoms with Gasteiger partial charge in [0.15, 0.2) is 0 Å². The summed E-state index contributed by atoms with van der Waals surface area (Å²) in [7, 11) is 0. The predicted molar refractivity (Wildman–Crippen MR) is 220 cm³/mol. The van der Waals surface area contributed by atoms with E-state index in [1.807, 2.05) is 108 Å². The van der Waals surface area contributed by atoms with Gasteiger partial charge in [-0.15, -0.1) is 0 Å². The number of allylic oxidation sites excluding steroid dienone is 4. The highest BCUT2D eigenvalue weighted by Crippen LogP contribution is 2.45. The summed E-state index contributed by atoms with van der Waals surface area (Å²) in [6.45, 7) is 0. The topological polar surface area (TPSA) is 16.4 Å². The maximum atomic E-state index is 9.78. The molecule has 0 atom stereocenters. The highest BCUT2D eigenvalue weighted by atomic mass is 16.3. The molecule has 0 unspecified atom stereocenters. The molecule has 0 saturated carbocycles. The Balaban J connectivity index is 1.28. The van der Waals surface area contributed by atoms with Crippen molar-refractivity contribution in [3.05, 3.63) is 199 Å². The molecule has 1 aliphatic rings. The molecule has 0 fully saturated rings. The number of rotatable bonds is 6. The van der Waals surface area contributed by atoms with Crippen molar-refractivity contribution in [1.82, 2.24) is 0 Å². The number of furan rings is 1. The van der Waals surface area contributed by atoms with E-state index >= 15 is 0 Å². The summed E-state index contributed by atoms with van der Waals surface area (Å²) in [5.74, 6) is 0. The molecule has 0 aliphatic heterocycles. The Morgan fingerprint density at radius 3 is 2.06 bits per heavy atom. The van der Waals surface area contributed by atoms with E-state index in [4.69, 9.17) is 4.42 Å². The van der Waals surface area contributed by atoms with Crippen molar-refractivity contribution in [2.24, 2.45) is 0 Å². The van der Waals surface area contributed by atoms with Gasteiger partial charge < -0.3 is 9.32 Å². The second-order valence-corrected chi connectivity index (χ2v) is 13.2. The van der Waals surface area contributed by atoms with Gasteiger partial charge in [0.05, 0.1) is 11.2 Å². The average Bonchev–Trinajstić information content (AvgIpc) is 3.62. The van der Waals surface area contributed by atoms with Crippen LogP contribution in [0.25, 0.3) is 71.3 Å². The zero-order valence-corrected chi connectivity index (χ0v) is 28.4. The Labute approximate surface area is 308 Å². The van der Waals surface area contributed by atoms with Crippen LogP contribution in [0.4, 0.5) is 11.4 Å². The van der Waals surface area contributed by atoms with Gasteiger partial charge in [0.25, 0.3) is 0 Å². The van der Waals surface area contributed by atoms with Crippen LogP contribution in [-0.2, 0) is 0 Å². The Morgan fingerprint density at radius 1 is 0.519 bits per heavy atom. The normalized spacial score (nSPS) is 14.2. The molecule has 8 aromatic carbocycles. The summed E-state index contributed by atoms with van der Waals surface area (Å²) in [5, 5.41) is 6.10. The first-order valence-electron chi connectivity index (χ1n) is 19.7. The van der Waals surface area contributed by atoms with Crippen molar-refractivity contribution in [1.29, 1.82) is 0 Å². The minimum Gasteiger partial charge on any atom is -0.456 e. The van der Waals surface area contributed by atoms with Gasteiger partial charge in [-0.25, -0.2) is 0 Å². The molecule has 0 radical (unpaired) electrons. The molecule has 1 aliphatic carbocycles. The van der Waals surface area contributed by atoms with Gasteiger partial charge in [0, 0.05) is 33.3 Å². The van der Waals surface area contributed by atoms with Crippen molar-refractivity contribution < 1.29 is 9.90 Å². The smallest absolute Gasteiger partial charge is 0.136 e. The lowest BCUT2D eigenvalue weighted by Gasteiger charge is -2.33. The molecule has 2 heteroatoms. The van der Waals surface area contributed by atoms with E-state index in [0.29, 0.717) is 12.0 Å². The van der Waals surface area contributed by atoms with E-state index in [9.17, 15) is 5.48 Å². The lowest BCUT2D eigenvalue weighted by atomic mass is 9.91. The van der Waals surface area contributed by atoms with Crippen LogP contribution in [0.15, 0.2) is 198 Å². The molecule has 246 valence electrons. The quantitative estimate of drug-likeness (QED) is 0.175. The first kappa shape index (κ1) is 26.2. The van der Waals surface area contributed by atoms with E-state index in [1.54, 1.807) is 0 Å². The molecule has 0 amide bonds. The summed E-state index contributed by atoms with van der Waals surface area (Å²) < 4.78 is 45.2. The van der Waals surface area contributed by atoms with Crippen LogP contribution in [0.2, 0.25) is 0 Å². The first-order chi connectivity index (χ1) is 27.5. The molecule has 0 spiro atoms. The van der Waals surface area contributed by atoms with Crippen LogP contribution < -0.4 is 4.90 Å². The second kappa shape index (κ2) is 12.6. The van der Waals surface area contributed by atoms with Gasteiger partial charge in [-0.3, -0.25) is 0 Å². The highest BCUT2D eigenvalue weighted by molar-refractivity contribution is 6.15. The standard InChI is InChI=1S/C50H35NO/c1-2-14-35(15-3-1)42-21-8-10-25-46(42)51(39-30-28-36(29-31-39)41-23-12-19-34-16-6-7-20-40(34)41)47-26-11-9-22-43(47)44-24-13-27-48-50(44)45-32-37-17-4-5-18-38(37)33-49(45)52-48/h1-10,12-25,27-33H,11,26H2/i28D,29D,30D,31D. The van der Waals surface area contributed by atoms with Crippen LogP contribution >= 0.6 is 0 Å². The Hall–Kier alpha value is -6.64. The van der Waals surface area contributed by atoms with Gasteiger partial charge >= 0.3 is 0 Å². The van der Waals surface area contributed by atoms with Crippen molar-refractivity contribution in [2.75, 3.05) is 4.90 Å². The van der Waals surface area contributed by atoms with Crippen molar-refractivity contribution in [3.63, 3.8) is 0 Å². The Kier molecular flexibility index (Phi) is 6.35. The fraction of sp³-hybridized carbons (Fsp3) is 0.0400. The number of para-hydroxylation sites is 1. The number of nitrogens with zero attached hydrogens (tertiary/aromatic N) is 1. The largest absolute Gasteiger partial charge is 0.456 e. The summed E-state index contributed by atoms with van der Waals surface area (Å²) in [4.78, 5) is 2.01. The molecule has 1 heterocycles. The molecule has 2 nitrogen and oxygen atoms in total. The third-order valence-corrected chi connectivity index (χ3v) is 10.2. The number of hydrogen-bond donors (Lipinski definition) is 0. The first-order valence-corrected chi connectivity index (χ1v) is 17.7. The molecule has 9 aromatic rings. The van der Waals surface area contributed by atoms with E-state index < -0.39 is 0 Å². The minimum absolute atomic E-state index is 0.0807. The summed E-state index contributed by atoms with van der Waals surface area (Å²) in [6.07, 6.45) is 5.67.